The highest BCUT2D eigenvalue weighted by Crippen LogP contribution is 2.07. The molecule has 0 spiro atoms. The fourth-order valence-electron chi connectivity index (χ4n) is 1.07. The van der Waals surface area contributed by atoms with Crippen molar-refractivity contribution < 1.29 is 30.0 Å². The Morgan fingerprint density at radius 2 is 1.53 bits per heavy atom. The first-order chi connectivity index (χ1) is 8.93. The fraction of sp³-hybridized carbons (Fsp3) is 0.333. The van der Waals surface area contributed by atoms with Crippen LogP contribution >= 0.6 is 11.6 Å². The van der Waals surface area contributed by atoms with Crippen molar-refractivity contribution >= 4 is 23.5 Å². The van der Waals surface area contributed by atoms with E-state index in [4.69, 9.17) is 32.0 Å². The molecule has 1 aromatic carbocycles. The van der Waals surface area contributed by atoms with E-state index in [9.17, 15) is 9.59 Å². The predicted molar refractivity (Wildman–Crippen MR) is 68.8 cm³/mol. The normalized spacial score (nSPS) is 11.1. The molecule has 19 heavy (non-hydrogen) atoms. The molecule has 0 saturated carbocycles. The molecule has 1 rings (SSSR count). The number of halogens is 1. The van der Waals surface area contributed by atoms with Crippen LogP contribution in [0.15, 0.2) is 24.3 Å². The minimum atomic E-state index is -1.23. The van der Waals surface area contributed by atoms with Crippen LogP contribution in [0.25, 0.3) is 0 Å². The van der Waals surface area contributed by atoms with Crippen LogP contribution in [0.1, 0.15) is 27.1 Å². The maximum absolute atomic E-state index is 10.5. The molecule has 0 bridgehead atoms. The zero-order valence-electron chi connectivity index (χ0n) is 9.99. The Morgan fingerprint density at radius 1 is 1.11 bits per heavy atom. The Morgan fingerprint density at radius 3 is 1.74 bits per heavy atom. The maximum Gasteiger partial charge on any atom is 0.336 e. The number of aromatic carboxylic acids is 2. The number of benzene rings is 1. The van der Waals surface area contributed by atoms with E-state index in [1.54, 1.807) is 0 Å². The van der Waals surface area contributed by atoms with E-state index in [-0.39, 0.29) is 17.7 Å². The van der Waals surface area contributed by atoms with Crippen LogP contribution in [0.4, 0.5) is 0 Å². The summed E-state index contributed by atoms with van der Waals surface area (Å²) in [7, 11) is 0. The van der Waals surface area contributed by atoms with Crippen molar-refractivity contribution in [1.29, 1.82) is 0 Å². The van der Waals surface area contributed by atoms with Crippen LogP contribution in [0.3, 0.4) is 0 Å². The summed E-state index contributed by atoms with van der Waals surface area (Å²) >= 11 is 5.20. The van der Waals surface area contributed by atoms with E-state index in [1.807, 2.05) is 0 Å². The number of hydrogen-bond donors (Lipinski definition) is 4. The molecule has 1 unspecified atom stereocenters. The lowest BCUT2D eigenvalue weighted by molar-refractivity contribution is 0.0651. The summed E-state index contributed by atoms with van der Waals surface area (Å²) in [5.74, 6) is -2.05. The molecular weight excluding hydrogens is 276 g/mol. The summed E-state index contributed by atoms with van der Waals surface area (Å²) in [6.45, 7) is -0.188. The van der Waals surface area contributed by atoms with E-state index >= 15 is 0 Å². The third-order valence-corrected chi connectivity index (χ3v) is 2.26. The monoisotopic (exact) mass is 290 g/mol. The lowest BCUT2D eigenvalue weighted by Gasteiger charge is -2.00. The van der Waals surface area contributed by atoms with Gasteiger partial charge in [-0.05, 0) is 18.6 Å². The summed E-state index contributed by atoms with van der Waals surface area (Å²) in [5.41, 5.74) is -0.380. The summed E-state index contributed by atoms with van der Waals surface area (Å²) < 4.78 is 0. The second-order valence-electron chi connectivity index (χ2n) is 3.47. The number of rotatable bonds is 5. The molecule has 1 aromatic rings. The molecule has 6 nitrogen and oxygen atoms in total. The minimum Gasteiger partial charge on any atom is -0.478 e. The quantitative estimate of drug-likeness (QED) is 0.603. The highest BCUT2D eigenvalue weighted by Gasteiger charge is 2.13. The molecule has 7 heteroatoms. The van der Waals surface area contributed by atoms with E-state index in [0.717, 1.165) is 0 Å². The second-order valence-corrected chi connectivity index (χ2v) is 3.85. The van der Waals surface area contributed by atoms with Gasteiger partial charge in [0.25, 0.3) is 0 Å². The largest absolute Gasteiger partial charge is 0.478 e. The smallest absolute Gasteiger partial charge is 0.336 e. The van der Waals surface area contributed by atoms with Crippen molar-refractivity contribution in [1.82, 2.24) is 0 Å². The van der Waals surface area contributed by atoms with Crippen molar-refractivity contribution in [2.24, 2.45) is 0 Å². The van der Waals surface area contributed by atoms with Gasteiger partial charge in [0.05, 0.1) is 23.8 Å². The zero-order chi connectivity index (χ0) is 14.8. The molecule has 0 aliphatic heterocycles. The Balaban J connectivity index is 0.000000399. The predicted octanol–water partition coefficient (Wildman–Crippen LogP) is 1.05. The molecule has 0 aliphatic rings. The minimum absolute atomic E-state index is 0.188. The molecule has 0 heterocycles. The second kappa shape index (κ2) is 9.32. The van der Waals surface area contributed by atoms with Crippen molar-refractivity contribution in [2.45, 2.75) is 12.5 Å². The van der Waals surface area contributed by atoms with E-state index in [1.165, 1.54) is 24.3 Å². The first-order valence-electron chi connectivity index (χ1n) is 5.34. The molecule has 0 aromatic heterocycles. The van der Waals surface area contributed by atoms with Gasteiger partial charge in [-0.15, -0.1) is 11.6 Å². The highest BCUT2D eigenvalue weighted by atomic mass is 35.5. The van der Waals surface area contributed by atoms with Gasteiger partial charge in [-0.2, -0.15) is 0 Å². The van der Waals surface area contributed by atoms with Gasteiger partial charge in [0.2, 0.25) is 0 Å². The zero-order valence-corrected chi connectivity index (χ0v) is 10.7. The third kappa shape index (κ3) is 6.76. The van der Waals surface area contributed by atoms with Gasteiger partial charge >= 0.3 is 11.9 Å². The summed E-state index contributed by atoms with van der Waals surface area (Å²) in [6.07, 6.45) is -0.157. The highest BCUT2D eigenvalue weighted by molar-refractivity contribution is 6.17. The summed E-state index contributed by atoms with van der Waals surface area (Å²) in [4.78, 5) is 20.9. The van der Waals surface area contributed by atoms with E-state index in [2.05, 4.69) is 0 Å². The summed E-state index contributed by atoms with van der Waals surface area (Å²) in [5, 5.41) is 33.8. The lowest BCUT2D eigenvalue weighted by Crippen LogP contribution is -2.11. The van der Waals surface area contributed by atoms with Crippen LogP contribution in [0.2, 0.25) is 0 Å². The molecule has 0 amide bonds. The number of aliphatic hydroxyl groups excluding tert-OH is 2. The van der Waals surface area contributed by atoms with Gasteiger partial charge in [0, 0.05) is 5.88 Å². The molecule has 0 aliphatic carbocycles. The molecule has 0 radical (unpaired) electrons. The Hall–Kier alpha value is -1.63. The Labute approximate surface area is 114 Å². The first kappa shape index (κ1) is 17.4. The van der Waals surface area contributed by atoms with Gasteiger partial charge in [-0.1, -0.05) is 12.1 Å². The molecule has 0 fully saturated rings. The number of alkyl halides is 1. The van der Waals surface area contributed by atoms with Crippen LogP contribution in [-0.4, -0.2) is 51.0 Å². The molecule has 106 valence electrons. The summed E-state index contributed by atoms with van der Waals surface area (Å²) in [6, 6.07) is 5.48. The SMILES string of the molecule is O=C(O)c1ccccc1C(=O)O.OCC(O)CCCl. The van der Waals surface area contributed by atoms with Gasteiger partial charge in [0.15, 0.2) is 0 Å². The van der Waals surface area contributed by atoms with Crippen molar-refractivity contribution in [3.63, 3.8) is 0 Å². The number of hydrogen-bond acceptors (Lipinski definition) is 4. The average molecular weight is 291 g/mol. The van der Waals surface area contributed by atoms with Gasteiger partial charge in [-0.3, -0.25) is 0 Å². The number of carbonyl (C=O) groups is 2. The van der Waals surface area contributed by atoms with Gasteiger partial charge < -0.3 is 20.4 Å². The molecule has 1 atom stereocenters. The van der Waals surface area contributed by atoms with Crippen LogP contribution in [-0.2, 0) is 0 Å². The fourth-order valence-corrected chi connectivity index (χ4v) is 1.33. The molecular formula is C12H15ClO6. The Bertz CT molecular complexity index is 387. The van der Waals surface area contributed by atoms with E-state index < -0.39 is 18.0 Å². The van der Waals surface area contributed by atoms with Crippen LogP contribution in [0.5, 0.6) is 0 Å². The van der Waals surface area contributed by atoms with Crippen molar-refractivity contribution in [2.75, 3.05) is 12.5 Å². The Kier molecular flexibility index (Phi) is 8.52. The van der Waals surface area contributed by atoms with Crippen LogP contribution in [0, 0.1) is 0 Å². The maximum atomic E-state index is 10.5. The lowest BCUT2D eigenvalue weighted by atomic mass is 10.1. The number of carboxylic acids is 2. The van der Waals surface area contributed by atoms with Crippen LogP contribution < -0.4 is 0 Å². The number of aliphatic hydroxyl groups is 2. The van der Waals surface area contributed by atoms with Gasteiger partial charge in [0.1, 0.15) is 0 Å². The van der Waals surface area contributed by atoms with Crippen molar-refractivity contribution in [3.8, 4) is 0 Å². The van der Waals surface area contributed by atoms with Crippen molar-refractivity contribution in [3.05, 3.63) is 35.4 Å². The molecule has 0 saturated heterocycles. The van der Waals surface area contributed by atoms with Gasteiger partial charge in [-0.25, -0.2) is 9.59 Å². The third-order valence-electron chi connectivity index (χ3n) is 2.04. The topological polar surface area (TPSA) is 115 Å². The average Bonchev–Trinajstić information content (AvgIpc) is 2.39. The number of carboxylic acid groups (broad SMARTS) is 2. The first-order valence-corrected chi connectivity index (χ1v) is 5.88. The molecule has 4 N–H and O–H groups in total. The standard InChI is InChI=1S/C8H6O4.C4H9ClO2/c9-7(10)5-3-1-2-4-6(5)8(11)12;5-2-1-4(7)3-6/h1-4H,(H,9,10)(H,11,12);4,6-7H,1-3H2. The van der Waals surface area contributed by atoms with E-state index in [0.29, 0.717) is 12.3 Å².